The number of anilines is 1. The SMILES string of the molecule is CCC(=O)N1CCc2cc(Br)c(S(=O)(=O)CCC(=O)NCCCOC(C)C)cc21. The molecule has 9 heteroatoms. The lowest BCUT2D eigenvalue weighted by atomic mass is 10.2. The number of benzene rings is 1. The molecule has 1 heterocycles. The molecule has 0 bridgehead atoms. The fraction of sp³-hybridized carbons (Fsp3) is 0.600. The van der Waals surface area contributed by atoms with Gasteiger partial charge >= 0.3 is 0 Å². The summed E-state index contributed by atoms with van der Waals surface area (Å²) in [4.78, 5) is 25.9. The number of ether oxygens (including phenoxy) is 1. The van der Waals surface area contributed by atoms with Crippen LogP contribution in [0.2, 0.25) is 0 Å². The van der Waals surface area contributed by atoms with Crippen molar-refractivity contribution in [3.8, 4) is 0 Å². The van der Waals surface area contributed by atoms with Crippen LogP contribution in [0.15, 0.2) is 21.5 Å². The molecule has 0 saturated carbocycles. The standard InChI is InChI=1S/C20H29BrN2O5S/c1-4-20(25)23-9-6-15-12-16(21)18(13-17(15)23)29(26,27)11-7-19(24)22-8-5-10-28-14(2)3/h12-14H,4-11H2,1-3H3,(H,22,24). The van der Waals surface area contributed by atoms with Gasteiger partial charge < -0.3 is 15.0 Å². The summed E-state index contributed by atoms with van der Waals surface area (Å²) in [5.41, 5.74) is 1.59. The number of hydrogen-bond donors (Lipinski definition) is 1. The molecular weight excluding hydrogens is 460 g/mol. The van der Waals surface area contributed by atoms with Gasteiger partial charge in [-0.05, 0) is 60.3 Å². The number of halogens is 1. The van der Waals surface area contributed by atoms with Crippen molar-refractivity contribution in [3.05, 3.63) is 22.2 Å². The molecule has 0 fully saturated rings. The van der Waals surface area contributed by atoms with Crippen LogP contribution in [0.5, 0.6) is 0 Å². The Labute approximate surface area is 181 Å². The Kier molecular flexibility index (Phi) is 8.66. The highest BCUT2D eigenvalue weighted by atomic mass is 79.9. The highest BCUT2D eigenvalue weighted by molar-refractivity contribution is 9.10. The first-order chi connectivity index (χ1) is 13.7. The molecule has 0 spiro atoms. The van der Waals surface area contributed by atoms with E-state index >= 15 is 0 Å². The van der Waals surface area contributed by atoms with Crippen molar-refractivity contribution in [2.45, 2.75) is 57.5 Å². The monoisotopic (exact) mass is 488 g/mol. The summed E-state index contributed by atoms with van der Waals surface area (Å²) in [6, 6.07) is 3.32. The first-order valence-electron chi connectivity index (χ1n) is 9.89. The number of hydrogen-bond acceptors (Lipinski definition) is 5. The quantitative estimate of drug-likeness (QED) is 0.511. The zero-order valence-electron chi connectivity index (χ0n) is 17.2. The summed E-state index contributed by atoms with van der Waals surface area (Å²) in [7, 11) is -3.68. The smallest absolute Gasteiger partial charge is 0.226 e. The summed E-state index contributed by atoms with van der Waals surface area (Å²) in [6.45, 7) is 7.22. The Hall–Kier alpha value is -1.45. The van der Waals surface area contributed by atoms with Gasteiger partial charge in [-0.1, -0.05) is 6.92 Å². The van der Waals surface area contributed by atoms with Gasteiger partial charge in [-0.3, -0.25) is 9.59 Å². The first kappa shape index (κ1) is 23.8. The van der Waals surface area contributed by atoms with Crippen molar-refractivity contribution in [2.75, 3.05) is 30.3 Å². The Morgan fingerprint density at radius 2 is 2.03 bits per heavy atom. The number of amides is 2. The lowest BCUT2D eigenvalue weighted by molar-refractivity contribution is -0.121. The fourth-order valence-electron chi connectivity index (χ4n) is 3.12. The van der Waals surface area contributed by atoms with E-state index in [1.165, 1.54) is 0 Å². The maximum atomic E-state index is 12.8. The maximum absolute atomic E-state index is 12.8. The molecule has 0 radical (unpaired) electrons. The van der Waals surface area contributed by atoms with Crippen LogP contribution in [0, 0.1) is 0 Å². The Balaban J connectivity index is 1.99. The van der Waals surface area contributed by atoms with Crippen molar-refractivity contribution < 1.29 is 22.7 Å². The third-order valence-corrected chi connectivity index (χ3v) is 7.33. The maximum Gasteiger partial charge on any atom is 0.226 e. The van der Waals surface area contributed by atoms with Crippen molar-refractivity contribution in [2.24, 2.45) is 0 Å². The van der Waals surface area contributed by atoms with Gasteiger partial charge in [0, 0.05) is 42.7 Å². The molecule has 0 aliphatic carbocycles. The van der Waals surface area contributed by atoms with E-state index in [9.17, 15) is 18.0 Å². The molecule has 0 unspecified atom stereocenters. The summed E-state index contributed by atoms with van der Waals surface area (Å²) in [6.07, 6.45) is 1.76. The van der Waals surface area contributed by atoms with Crippen molar-refractivity contribution in [1.82, 2.24) is 5.32 Å². The first-order valence-corrected chi connectivity index (χ1v) is 12.3. The lowest BCUT2D eigenvalue weighted by Gasteiger charge is -2.18. The van der Waals surface area contributed by atoms with Crippen molar-refractivity contribution >= 4 is 43.3 Å². The molecule has 0 saturated heterocycles. The van der Waals surface area contributed by atoms with E-state index in [0.29, 0.717) is 49.1 Å². The molecule has 7 nitrogen and oxygen atoms in total. The Morgan fingerprint density at radius 1 is 1.31 bits per heavy atom. The number of fused-ring (bicyclic) bond motifs is 1. The topological polar surface area (TPSA) is 92.8 Å². The van der Waals surface area contributed by atoms with E-state index in [4.69, 9.17) is 4.74 Å². The minimum absolute atomic E-state index is 0.0322. The number of sulfone groups is 1. The fourth-order valence-corrected chi connectivity index (χ4v) is 5.57. The zero-order chi connectivity index (χ0) is 21.6. The van der Waals surface area contributed by atoms with Gasteiger partial charge in [0.15, 0.2) is 9.84 Å². The van der Waals surface area contributed by atoms with E-state index < -0.39 is 9.84 Å². The third kappa shape index (κ3) is 6.52. The summed E-state index contributed by atoms with van der Waals surface area (Å²) in [5, 5.41) is 2.72. The summed E-state index contributed by atoms with van der Waals surface area (Å²) in [5.74, 6) is -0.631. The van der Waals surface area contributed by atoms with Crippen LogP contribution >= 0.6 is 15.9 Å². The minimum Gasteiger partial charge on any atom is -0.379 e. The van der Waals surface area contributed by atoms with Crippen LogP contribution in [0.25, 0.3) is 0 Å². The largest absolute Gasteiger partial charge is 0.379 e. The molecule has 2 rings (SSSR count). The molecular formula is C20H29BrN2O5S. The number of rotatable bonds is 10. The van der Waals surface area contributed by atoms with E-state index in [2.05, 4.69) is 21.2 Å². The molecule has 2 amide bonds. The van der Waals surface area contributed by atoms with Gasteiger partial charge in [0.05, 0.1) is 16.8 Å². The van der Waals surface area contributed by atoms with Crippen LogP contribution in [-0.4, -0.2) is 51.8 Å². The van der Waals surface area contributed by atoms with Crippen LogP contribution in [0.4, 0.5) is 5.69 Å². The van der Waals surface area contributed by atoms with Gasteiger partial charge in [-0.15, -0.1) is 0 Å². The summed E-state index contributed by atoms with van der Waals surface area (Å²) >= 11 is 3.34. The number of nitrogens with one attached hydrogen (secondary N) is 1. The highest BCUT2D eigenvalue weighted by Gasteiger charge is 2.28. The minimum atomic E-state index is -3.68. The van der Waals surface area contributed by atoms with E-state index in [-0.39, 0.29) is 35.0 Å². The van der Waals surface area contributed by atoms with Crippen LogP contribution in [-0.2, 0) is 30.6 Å². The molecule has 0 atom stereocenters. The third-order valence-electron chi connectivity index (χ3n) is 4.66. The van der Waals surface area contributed by atoms with Crippen molar-refractivity contribution in [3.63, 3.8) is 0 Å². The molecule has 162 valence electrons. The predicted octanol–water partition coefficient (Wildman–Crippen LogP) is 2.84. The van der Waals surface area contributed by atoms with E-state index in [1.807, 2.05) is 13.8 Å². The lowest BCUT2D eigenvalue weighted by Crippen LogP contribution is -2.28. The normalized spacial score (nSPS) is 13.6. The average Bonchev–Trinajstić information content (AvgIpc) is 3.07. The van der Waals surface area contributed by atoms with Crippen LogP contribution in [0.1, 0.15) is 45.6 Å². The second-order valence-corrected chi connectivity index (χ2v) is 10.2. The highest BCUT2D eigenvalue weighted by Crippen LogP contribution is 2.36. The molecule has 1 aliphatic heterocycles. The Morgan fingerprint density at radius 3 is 2.69 bits per heavy atom. The molecule has 1 aliphatic rings. The van der Waals surface area contributed by atoms with Crippen LogP contribution in [0.3, 0.4) is 0 Å². The zero-order valence-corrected chi connectivity index (χ0v) is 19.6. The molecule has 1 N–H and O–H groups in total. The average molecular weight is 489 g/mol. The van der Waals surface area contributed by atoms with Gasteiger partial charge in [-0.2, -0.15) is 0 Å². The van der Waals surface area contributed by atoms with Crippen molar-refractivity contribution in [1.29, 1.82) is 0 Å². The Bertz CT molecular complexity index is 855. The molecule has 29 heavy (non-hydrogen) atoms. The van der Waals surface area contributed by atoms with Crippen LogP contribution < -0.4 is 10.2 Å². The van der Waals surface area contributed by atoms with Gasteiger partial charge in [0.25, 0.3) is 0 Å². The molecule has 1 aromatic rings. The van der Waals surface area contributed by atoms with E-state index in [0.717, 1.165) is 5.56 Å². The molecule has 0 aromatic heterocycles. The number of carbonyl (C=O) groups excluding carboxylic acids is 2. The summed E-state index contributed by atoms with van der Waals surface area (Å²) < 4.78 is 31.5. The number of carbonyl (C=O) groups is 2. The second kappa shape index (κ2) is 10.5. The number of nitrogens with zero attached hydrogens (tertiary/aromatic N) is 1. The van der Waals surface area contributed by atoms with Gasteiger partial charge in [0.2, 0.25) is 11.8 Å². The molecule has 1 aromatic carbocycles. The van der Waals surface area contributed by atoms with Gasteiger partial charge in [0.1, 0.15) is 0 Å². The van der Waals surface area contributed by atoms with Gasteiger partial charge in [-0.25, -0.2) is 8.42 Å². The van der Waals surface area contributed by atoms with E-state index in [1.54, 1.807) is 24.0 Å². The second-order valence-electron chi connectivity index (χ2n) is 7.25. The predicted molar refractivity (Wildman–Crippen MR) is 116 cm³/mol.